The molecule has 1 aliphatic rings. The number of anilines is 1. The van der Waals surface area contributed by atoms with Gasteiger partial charge in [0.15, 0.2) is 0 Å². The third-order valence-electron chi connectivity index (χ3n) is 2.92. The number of aryl methyl sites for hydroxylation is 2. The summed E-state index contributed by atoms with van der Waals surface area (Å²) >= 11 is 1.74. The molecular weight excluding hydrogens is 234 g/mol. The summed E-state index contributed by atoms with van der Waals surface area (Å²) in [6, 6.07) is 2.18. The number of rotatable bonds is 1. The maximum absolute atomic E-state index is 5.39. The van der Waals surface area contributed by atoms with E-state index in [-0.39, 0.29) is 0 Å². The molecule has 0 amide bonds. The second-order valence-corrected chi connectivity index (χ2v) is 5.50. The van der Waals surface area contributed by atoms with Gasteiger partial charge in [0.05, 0.1) is 18.6 Å². The van der Waals surface area contributed by atoms with Crippen LogP contribution in [0.3, 0.4) is 0 Å². The Balaban J connectivity index is 2.12. The fraction of sp³-hybridized carbons (Fsp3) is 0.500. The predicted molar refractivity (Wildman–Crippen MR) is 69.9 cm³/mol. The average molecular weight is 249 g/mol. The average Bonchev–Trinajstić information content (AvgIpc) is 2.69. The smallest absolute Gasteiger partial charge is 0.141 e. The topological polar surface area (TPSA) is 38.2 Å². The molecule has 0 aliphatic carbocycles. The molecule has 3 heterocycles. The highest BCUT2D eigenvalue weighted by Gasteiger charge is 2.17. The lowest BCUT2D eigenvalue weighted by Crippen LogP contribution is -2.37. The van der Waals surface area contributed by atoms with E-state index in [1.807, 2.05) is 6.92 Å². The van der Waals surface area contributed by atoms with E-state index in [0.717, 1.165) is 42.8 Å². The predicted octanol–water partition coefficient (Wildman–Crippen LogP) is 2.14. The van der Waals surface area contributed by atoms with Crippen molar-refractivity contribution in [2.45, 2.75) is 13.8 Å². The van der Waals surface area contributed by atoms with E-state index < -0.39 is 0 Å². The fourth-order valence-electron chi connectivity index (χ4n) is 2.15. The molecule has 0 aromatic carbocycles. The standard InChI is InChI=1S/C12H15N3OS/c1-8-7-10-11(15-3-5-16-6-4-15)13-9(2)14-12(10)17-8/h7H,3-6H2,1-2H3. The molecule has 2 aromatic heterocycles. The van der Waals surface area contributed by atoms with Crippen LogP contribution >= 0.6 is 11.3 Å². The molecule has 0 N–H and O–H groups in total. The lowest BCUT2D eigenvalue weighted by Gasteiger charge is -2.28. The van der Waals surface area contributed by atoms with Crippen LogP contribution in [0.15, 0.2) is 6.07 Å². The van der Waals surface area contributed by atoms with Crippen LogP contribution in [0.5, 0.6) is 0 Å². The first-order valence-corrected chi connectivity index (χ1v) is 6.63. The summed E-state index contributed by atoms with van der Waals surface area (Å²) < 4.78 is 5.39. The van der Waals surface area contributed by atoms with Gasteiger partial charge in [-0.2, -0.15) is 0 Å². The molecule has 4 nitrogen and oxygen atoms in total. The minimum absolute atomic E-state index is 0.785. The summed E-state index contributed by atoms with van der Waals surface area (Å²) in [5, 5.41) is 1.18. The summed E-state index contributed by atoms with van der Waals surface area (Å²) in [5.74, 6) is 1.92. The van der Waals surface area contributed by atoms with E-state index in [4.69, 9.17) is 4.74 Å². The number of morpholine rings is 1. The number of thiophene rings is 1. The molecule has 2 aromatic rings. The molecule has 0 spiro atoms. The van der Waals surface area contributed by atoms with Crippen molar-refractivity contribution < 1.29 is 4.74 Å². The van der Waals surface area contributed by atoms with Gasteiger partial charge in [-0.25, -0.2) is 9.97 Å². The van der Waals surface area contributed by atoms with Gasteiger partial charge in [-0.05, 0) is 19.9 Å². The second-order valence-electron chi connectivity index (χ2n) is 4.27. The van der Waals surface area contributed by atoms with Gasteiger partial charge in [-0.1, -0.05) is 0 Å². The third kappa shape index (κ3) is 2.00. The monoisotopic (exact) mass is 249 g/mol. The number of hydrogen-bond acceptors (Lipinski definition) is 5. The van der Waals surface area contributed by atoms with Gasteiger partial charge >= 0.3 is 0 Å². The highest BCUT2D eigenvalue weighted by molar-refractivity contribution is 7.18. The van der Waals surface area contributed by atoms with Crippen LogP contribution in [0, 0.1) is 13.8 Å². The molecule has 3 rings (SSSR count). The van der Waals surface area contributed by atoms with Gasteiger partial charge in [-0.15, -0.1) is 11.3 Å². The van der Waals surface area contributed by atoms with Gasteiger partial charge < -0.3 is 9.64 Å². The van der Waals surface area contributed by atoms with Crippen molar-refractivity contribution in [3.8, 4) is 0 Å². The van der Waals surface area contributed by atoms with Gasteiger partial charge in [-0.3, -0.25) is 0 Å². The van der Waals surface area contributed by atoms with E-state index in [0.29, 0.717) is 0 Å². The number of hydrogen-bond donors (Lipinski definition) is 0. The van der Waals surface area contributed by atoms with Crippen molar-refractivity contribution in [1.29, 1.82) is 0 Å². The number of ether oxygens (including phenoxy) is 1. The largest absolute Gasteiger partial charge is 0.378 e. The van der Waals surface area contributed by atoms with Crippen LogP contribution in [0.25, 0.3) is 10.2 Å². The quantitative estimate of drug-likeness (QED) is 0.776. The van der Waals surface area contributed by atoms with Crippen LogP contribution in [0.4, 0.5) is 5.82 Å². The van der Waals surface area contributed by atoms with Crippen molar-refractivity contribution in [2.75, 3.05) is 31.2 Å². The molecule has 0 unspecified atom stereocenters. The lowest BCUT2D eigenvalue weighted by atomic mass is 10.3. The van der Waals surface area contributed by atoms with E-state index in [9.17, 15) is 0 Å². The first-order valence-electron chi connectivity index (χ1n) is 5.81. The molecular formula is C12H15N3OS. The third-order valence-corrected chi connectivity index (χ3v) is 3.86. The Bertz CT molecular complexity index is 546. The first kappa shape index (κ1) is 10.9. The van der Waals surface area contributed by atoms with E-state index in [1.165, 1.54) is 10.3 Å². The van der Waals surface area contributed by atoms with Crippen molar-refractivity contribution in [3.63, 3.8) is 0 Å². The molecule has 1 aliphatic heterocycles. The Labute approximate surface area is 104 Å². The van der Waals surface area contributed by atoms with Crippen LogP contribution in [-0.4, -0.2) is 36.3 Å². The van der Waals surface area contributed by atoms with E-state index >= 15 is 0 Å². The summed E-state index contributed by atoms with van der Waals surface area (Å²) in [5.41, 5.74) is 0. The van der Waals surface area contributed by atoms with E-state index in [2.05, 4.69) is 27.9 Å². The van der Waals surface area contributed by atoms with Crippen molar-refractivity contribution in [3.05, 3.63) is 16.8 Å². The molecule has 5 heteroatoms. The lowest BCUT2D eigenvalue weighted by molar-refractivity contribution is 0.122. The molecule has 1 saturated heterocycles. The summed E-state index contributed by atoms with van der Waals surface area (Å²) in [6.07, 6.45) is 0. The molecule has 0 bridgehead atoms. The van der Waals surface area contributed by atoms with Crippen LogP contribution < -0.4 is 4.90 Å². The maximum Gasteiger partial charge on any atom is 0.141 e. The SMILES string of the molecule is Cc1nc(N2CCOCC2)c2cc(C)sc2n1. The van der Waals surface area contributed by atoms with Gasteiger partial charge in [0.25, 0.3) is 0 Å². The molecule has 1 fully saturated rings. The normalized spacial score (nSPS) is 16.7. The van der Waals surface area contributed by atoms with Crippen LogP contribution in [0.2, 0.25) is 0 Å². The maximum atomic E-state index is 5.39. The van der Waals surface area contributed by atoms with Gasteiger partial charge in [0.1, 0.15) is 16.5 Å². The Kier molecular flexibility index (Phi) is 2.72. The zero-order valence-electron chi connectivity index (χ0n) is 10.1. The summed E-state index contributed by atoms with van der Waals surface area (Å²) in [4.78, 5) is 13.8. The molecule has 0 atom stereocenters. The van der Waals surface area contributed by atoms with Gasteiger partial charge in [0.2, 0.25) is 0 Å². The molecule has 0 radical (unpaired) electrons. The minimum Gasteiger partial charge on any atom is -0.378 e. The Hall–Kier alpha value is -1.20. The van der Waals surface area contributed by atoms with Crippen molar-refractivity contribution in [2.24, 2.45) is 0 Å². The number of nitrogens with zero attached hydrogens (tertiary/aromatic N) is 3. The Morgan fingerprint density at radius 2 is 2.00 bits per heavy atom. The minimum atomic E-state index is 0.785. The van der Waals surface area contributed by atoms with Crippen LogP contribution in [-0.2, 0) is 4.74 Å². The zero-order valence-corrected chi connectivity index (χ0v) is 10.9. The van der Waals surface area contributed by atoms with Crippen molar-refractivity contribution >= 4 is 27.4 Å². The first-order chi connectivity index (χ1) is 8.24. The van der Waals surface area contributed by atoms with Crippen LogP contribution in [0.1, 0.15) is 10.7 Å². The van der Waals surface area contributed by atoms with Gasteiger partial charge in [0, 0.05) is 18.0 Å². The Morgan fingerprint density at radius 1 is 1.24 bits per heavy atom. The molecule has 0 saturated carbocycles. The summed E-state index contributed by atoms with van der Waals surface area (Å²) in [6.45, 7) is 7.48. The molecule has 17 heavy (non-hydrogen) atoms. The van der Waals surface area contributed by atoms with E-state index in [1.54, 1.807) is 11.3 Å². The summed E-state index contributed by atoms with van der Waals surface area (Å²) in [7, 11) is 0. The number of fused-ring (bicyclic) bond motifs is 1. The highest BCUT2D eigenvalue weighted by Crippen LogP contribution is 2.30. The Morgan fingerprint density at radius 3 is 2.76 bits per heavy atom. The second kappa shape index (κ2) is 4.23. The fourth-order valence-corrected chi connectivity index (χ4v) is 3.07. The zero-order chi connectivity index (χ0) is 11.8. The van der Waals surface area contributed by atoms with Crippen molar-refractivity contribution in [1.82, 2.24) is 9.97 Å². The highest BCUT2D eigenvalue weighted by atomic mass is 32.1. The number of aromatic nitrogens is 2. The molecule has 90 valence electrons.